The lowest BCUT2D eigenvalue weighted by Gasteiger charge is -2.33. The van der Waals surface area contributed by atoms with Crippen molar-refractivity contribution in [3.8, 4) is 11.4 Å². The van der Waals surface area contributed by atoms with Crippen molar-refractivity contribution in [1.82, 2.24) is 19.3 Å². The van der Waals surface area contributed by atoms with Crippen molar-refractivity contribution >= 4 is 27.3 Å². The fourth-order valence-electron chi connectivity index (χ4n) is 3.76. The number of piperazine rings is 1. The predicted molar refractivity (Wildman–Crippen MR) is 115 cm³/mol. The highest BCUT2D eigenvalue weighted by atomic mass is 32.2. The predicted octanol–water partition coefficient (Wildman–Crippen LogP) is 3.21. The third-order valence-electron chi connectivity index (χ3n) is 5.87. The second kappa shape index (κ2) is 8.18. The Morgan fingerprint density at radius 3 is 2.52 bits per heavy atom. The van der Waals surface area contributed by atoms with Crippen LogP contribution < -0.4 is 0 Å². The number of benzene rings is 1. The molecule has 0 atom stereocenters. The maximum absolute atomic E-state index is 13.1. The number of aromatic nitrogens is 2. The van der Waals surface area contributed by atoms with Gasteiger partial charge >= 0.3 is 0 Å². The summed E-state index contributed by atoms with van der Waals surface area (Å²) in [6.07, 6.45) is 3.29. The van der Waals surface area contributed by atoms with Crippen molar-refractivity contribution in [3.05, 3.63) is 53.2 Å². The average Bonchev–Trinajstić information content (AvgIpc) is 3.43. The number of nitrogens with zero attached hydrogens (tertiary/aromatic N) is 4. The summed E-state index contributed by atoms with van der Waals surface area (Å²) in [4.78, 5) is 18.7. The molecule has 8 nitrogen and oxygen atoms in total. The number of rotatable bonds is 5. The molecule has 1 saturated heterocycles. The zero-order chi connectivity index (χ0) is 21.4. The Hall–Kier alpha value is -2.56. The molecule has 3 aromatic rings. The van der Waals surface area contributed by atoms with Gasteiger partial charge in [0.05, 0.1) is 0 Å². The Kier molecular flexibility index (Phi) is 5.37. The van der Waals surface area contributed by atoms with Crippen molar-refractivity contribution in [3.63, 3.8) is 0 Å². The van der Waals surface area contributed by atoms with Crippen LogP contribution in [0.4, 0.5) is 0 Å². The van der Waals surface area contributed by atoms with E-state index in [-0.39, 0.29) is 23.2 Å². The highest BCUT2D eigenvalue weighted by molar-refractivity contribution is 7.91. The van der Waals surface area contributed by atoms with Gasteiger partial charge in [-0.1, -0.05) is 29.8 Å². The van der Waals surface area contributed by atoms with E-state index in [1.54, 1.807) is 28.5 Å². The summed E-state index contributed by atoms with van der Waals surface area (Å²) >= 11 is 1.15. The van der Waals surface area contributed by atoms with Crippen LogP contribution in [0.25, 0.3) is 11.4 Å². The number of thiophene rings is 1. The van der Waals surface area contributed by atoms with Gasteiger partial charge in [0, 0.05) is 48.6 Å². The van der Waals surface area contributed by atoms with Gasteiger partial charge in [0.25, 0.3) is 15.9 Å². The zero-order valence-corrected chi connectivity index (χ0v) is 18.4. The highest BCUT2D eigenvalue weighted by Crippen LogP contribution is 2.37. The first-order chi connectivity index (χ1) is 15.0. The number of sulfonamides is 1. The fourth-order valence-corrected chi connectivity index (χ4v) is 6.50. The van der Waals surface area contributed by atoms with E-state index in [1.807, 2.05) is 18.2 Å². The number of carbonyl (C=O) groups is 1. The van der Waals surface area contributed by atoms with Gasteiger partial charge < -0.3 is 9.42 Å². The molecule has 1 aliphatic carbocycles. The van der Waals surface area contributed by atoms with E-state index >= 15 is 0 Å². The fraction of sp³-hybridized carbons (Fsp3) is 0.381. The molecule has 31 heavy (non-hydrogen) atoms. The average molecular weight is 459 g/mol. The molecule has 0 N–H and O–H groups in total. The molecule has 2 fully saturated rings. The minimum absolute atomic E-state index is 0.0737. The van der Waals surface area contributed by atoms with E-state index in [2.05, 4.69) is 10.1 Å². The van der Waals surface area contributed by atoms with Gasteiger partial charge in [-0.3, -0.25) is 4.79 Å². The van der Waals surface area contributed by atoms with Gasteiger partial charge in [-0.2, -0.15) is 9.29 Å². The Morgan fingerprint density at radius 1 is 1.10 bits per heavy atom. The monoisotopic (exact) mass is 458 g/mol. The Labute approximate surface area is 184 Å². The number of amides is 1. The smallest absolute Gasteiger partial charge is 0.253 e. The Morgan fingerprint density at radius 2 is 1.84 bits per heavy atom. The van der Waals surface area contributed by atoms with Crippen LogP contribution in [0, 0.1) is 0 Å². The summed E-state index contributed by atoms with van der Waals surface area (Å²) in [6, 6.07) is 10.7. The minimum atomic E-state index is -3.64. The molecular formula is C21H22N4O4S2. The lowest BCUT2D eigenvalue weighted by molar-refractivity contribution is 0.0698. The number of hydrogen-bond acceptors (Lipinski definition) is 7. The van der Waals surface area contributed by atoms with Crippen molar-refractivity contribution in [2.24, 2.45) is 0 Å². The molecule has 2 aliphatic rings. The Balaban J connectivity index is 1.26. The number of hydrogen-bond donors (Lipinski definition) is 0. The molecule has 0 spiro atoms. The summed E-state index contributed by atoms with van der Waals surface area (Å²) in [5, 5.41) is 5.77. The molecule has 5 rings (SSSR count). The molecular weight excluding hydrogens is 436 g/mol. The van der Waals surface area contributed by atoms with Crippen LogP contribution in [-0.4, -0.2) is 59.8 Å². The molecule has 162 valence electrons. The summed E-state index contributed by atoms with van der Waals surface area (Å²) < 4.78 is 33.3. The molecule has 0 radical (unpaired) electrons. The molecule has 3 heterocycles. The first-order valence-electron chi connectivity index (χ1n) is 10.3. The highest BCUT2D eigenvalue weighted by Gasteiger charge is 2.32. The van der Waals surface area contributed by atoms with Crippen molar-refractivity contribution in [2.75, 3.05) is 26.2 Å². The van der Waals surface area contributed by atoms with Crippen LogP contribution in [-0.2, 0) is 10.0 Å². The van der Waals surface area contributed by atoms with Crippen molar-refractivity contribution in [2.45, 2.75) is 29.4 Å². The summed E-state index contributed by atoms with van der Waals surface area (Å²) in [5.41, 5.74) is 1.26. The van der Waals surface area contributed by atoms with E-state index in [4.69, 9.17) is 4.52 Å². The van der Waals surface area contributed by atoms with Gasteiger partial charge in [-0.05, 0) is 31.0 Å². The molecule has 1 amide bonds. The standard InChI is InChI=1S/C21H22N4O4S2/c26-21(16-5-2-1-3-6-16)24-9-11-25(12-10-24)31(27,28)18-13-17(14-30-18)19-22-20(29-23-19)15-7-4-8-15/h1-3,5-6,13-15H,4,7-12H2. The zero-order valence-electron chi connectivity index (χ0n) is 16.8. The SMILES string of the molecule is O=C(c1ccccc1)N1CCN(S(=O)(=O)c2cc(-c3noc(C4CCC4)n3)cs2)CC1. The van der Waals surface area contributed by atoms with E-state index < -0.39 is 10.0 Å². The quantitative estimate of drug-likeness (QED) is 0.582. The second-order valence-corrected chi connectivity index (χ2v) is 10.9. The van der Waals surface area contributed by atoms with Gasteiger partial charge in [0.1, 0.15) is 4.21 Å². The van der Waals surface area contributed by atoms with Gasteiger partial charge in [-0.15, -0.1) is 11.3 Å². The van der Waals surface area contributed by atoms with Crippen LogP contribution in [0.5, 0.6) is 0 Å². The van der Waals surface area contributed by atoms with Crippen molar-refractivity contribution in [1.29, 1.82) is 0 Å². The van der Waals surface area contributed by atoms with Crippen molar-refractivity contribution < 1.29 is 17.7 Å². The number of carbonyl (C=O) groups excluding carboxylic acids is 1. The summed E-state index contributed by atoms with van der Waals surface area (Å²) in [5.74, 6) is 1.32. The minimum Gasteiger partial charge on any atom is -0.339 e. The second-order valence-electron chi connectivity index (χ2n) is 7.80. The molecule has 1 aliphatic heterocycles. The molecule has 10 heteroatoms. The molecule has 0 unspecified atom stereocenters. The normalized spacial score (nSPS) is 18.1. The summed E-state index contributed by atoms with van der Waals surface area (Å²) in [6.45, 7) is 1.26. The largest absolute Gasteiger partial charge is 0.339 e. The van der Waals surface area contributed by atoms with E-state index in [0.717, 1.165) is 24.2 Å². The van der Waals surface area contributed by atoms with Crippen LogP contribution in [0.15, 0.2) is 50.5 Å². The van der Waals surface area contributed by atoms with Crippen LogP contribution in [0.2, 0.25) is 0 Å². The molecule has 2 aromatic heterocycles. The maximum atomic E-state index is 13.1. The third-order valence-corrected chi connectivity index (χ3v) is 9.18. The maximum Gasteiger partial charge on any atom is 0.253 e. The van der Waals surface area contributed by atoms with Crippen LogP contribution in [0.3, 0.4) is 0 Å². The molecule has 1 aromatic carbocycles. The van der Waals surface area contributed by atoms with E-state index in [9.17, 15) is 13.2 Å². The van der Waals surface area contributed by atoms with E-state index in [0.29, 0.717) is 41.8 Å². The first-order valence-corrected chi connectivity index (χ1v) is 12.6. The van der Waals surface area contributed by atoms with Gasteiger partial charge in [0.15, 0.2) is 0 Å². The van der Waals surface area contributed by atoms with Gasteiger partial charge in [-0.25, -0.2) is 8.42 Å². The van der Waals surface area contributed by atoms with Crippen LogP contribution >= 0.6 is 11.3 Å². The lowest BCUT2D eigenvalue weighted by Crippen LogP contribution is -2.50. The first kappa shape index (κ1) is 20.3. The third kappa shape index (κ3) is 3.90. The molecule has 0 bridgehead atoms. The topological polar surface area (TPSA) is 96.6 Å². The van der Waals surface area contributed by atoms with Crippen LogP contribution in [0.1, 0.15) is 41.4 Å². The molecule has 1 saturated carbocycles. The summed E-state index contributed by atoms with van der Waals surface area (Å²) in [7, 11) is -3.64. The van der Waals surface area contributed by atoms with Gasteiger partial charge in [0.2, 0.25) is 11.7 Å². The lowest BCUT2D eigenvalue weighted by atomic mass is 9.85. The Bertz CT molecular complexity index is 1180. The van der Waals surface area contributed by atoms with E-state index in [1.165, 1.54) is 10.7 Å².